The first-order valence-electron chi connectivity index (χ1n) is 8.22. The van der Waals surface area contributed by atoms with Crippen LogP contribution in [0.5, 0.6) is 0 Å². The van der Waals surface area contributed by atoms with Crippen molar-refractivity contribution in [2.45, 2.75) is 51.6 Å². The molecular formula is C18H24O2. The summed E-state index contributed by atoms with van der Waals surface area (Å²) in [5.74, 6) is 2.69. The quantitative estimate of drug-likeness (QED) is 0.735. The number of carbonyl (C=O) groups excluding carboxylic acids is 1. The predicted octanol–water partition coefficient (Wildman–Crippen LogP) is 3.27. The molecule has 0 bridgehead atoms. The van der Waals surface area contributed by atoms with Gasteiger partial charge in [0.1, 0.15) is 0 Å². The highest BCUT2D eigenvalue weighted by Gasteiger charge is 2.55. The number of hydrogen-bond donors (Lipinski definition) is 1. The Morgan fingerprint density at radius 2 is 2.10 bits per heavy atom. The zero-order valence-corrected chi connectivity index (χ0v) is 12.2. The van der Waals surface area contributed by atoms with E-state index in [-0.39, 0.29) is 17.3 Å². The second-order valence-electron chi connectivity index (χ2n) is 7.57. The lowest BCUT2D eigenvalue weighted by atomic mass is 9.50. The Balaban J connectivity index is 1.74. The molecule has 0 aromatic heterocycles. The highest BCUT2D eigenvalue weighted by Crippen LogP contribution is 2.60. The number of aliphatic hydroxyl groups is 1. The molecule has 0 radical (unpaired) electrons. The van der Waals surface area contributed by atoms with Gasteiger partial charge in [-0.3, -0.25) is 4.79 Å². The van der Waals surface area contributed by atoms with Crippen molar-refractivity contribution < 1.29 is 9.90 Å². The van der Waals surface area contributed by atoms with Gasteiger partial charge < -0.3 is 5.11 Å². The van der Waals surface area contributed by atoms with Crippen LogP contribution in [0, 0.1) is 29.1 Å². The fourth-order valence-electron chi connectivity index (χ4n) is 5.89. The van der Waals surface area contributed by atoms with Gasteiger partial charge in [0.25, 0.3) is 0 Å². The molecule has 6 atom stereocenters. The van der Waals surface area contributed by atoms with Crippen LogP contribution in [0.2, 0.25) is 0 Å². The second kappa shape index (κ2) is 4.30. The Labute approximate surface area is 120 Å². The molecule has 0 aromatic carbocycles. The molecule has 4 rings (SSSR count). The summed E-state index contributed by atoms with van der Waals surface area (Å²) < 4.78 is 0. The second-order valence-corrected chi connectivity index (χ2v) is 7.57. The number of aliphatic hydroxyl groups excluding tert-OH is 1. The Bertz CT molecular complexity index is 504. The maximum absolute atomic E-state index is 11.7. The molecule has 20 heavy (non-hydrogen) atoms. The lowest BCUT2D eigenvalue weighted by molar-refractivity contribution is -0.111. The van der Waals surface area contributed by atoms with Crippen molar-refractivity contribution in [1.82, 2.24) is 0 Å². The molecule has 0 aliphatic heterocycles. The molecule has 4 aliphatic rings. The van der Waals surface area contributed by atoms with E-state index in [2.05, 4.69) is 13.0 Å². The third kappa shape index (κ3) is 1.64. The SMILES string of the molecule is CC12C=CC(=O)C=C1CCC1C3CCCC3CC(O)C12. The Morgan fingerprint density at radius 1 is 1.25 bits per heavy atom. The van der Waals surface area contributed by atoms with Gasteiger partial charge in [0.05, 0.1) is 6.10 Å². The molecule has 0 saturated heterocycles. The van der Waals surface area contributed by atoms with Crippen LogP contribution in [0.3, 0.4) is 0 Å². The fraction of sp³-hybridized carbons (Fsp3) is 0.722. The van der Waals surface area contributed by atoms with Gasteiger partial charge in [0.15, 0.2) is 5.78 Å². The lowest BCUT2D eigenvalue weighted by Crippen LogP contribution is -2.52. The van der Waals surface area contributed by atoms with Gasteiger partial charge >= 0.3 is 0 Å². The summed E-state index contributed by atoms with van der Waals surface area (Å²) in [4.78, 5) is 11.7. The molecule has 1 N–H and O–H groups in total. The van der Waals surface area contributed by atoms with E-state index in [0.717, 1.165) is 24.7 Å². The number of rotatable bonds is 0. The van der Waals surface area contributed by atoms with Gasteiger partial charge in [0, 0.05) is 11.3 Å². The van der Waals surface area contributed by atoms with Crippen LogP contribution in [0.4, 0.5) is 0 Å². The van der Waals surface area contributed by atoms with Crippen molar-refractivity contribution >= 4 is 5.78 Å². The summed E-state index contributed by atoms with van der Waals surface area (Å²) in [6.45, 7) is 2.25. The molecular weight excluding hydrogens is 248 g/mol. The summed E-state index contributed by atoms with van der Waals surface area (Å²) in [5.41, 5.74) is 1.19. The van der Waals surface area contributed by atoms with Crippen molar-refractivity contribution in [3.63, 3.8) is 0 Å². The van der Waals surface area contributed by atoms with E-state index in [0.29, 0.717) is 11.8 Å². The van der Waals surface area contributed by atoms with E-state index in [4.69, 9.17) is 0 Å². The van der Waals surface area contributed by atoms with Crippen LogP contribution in [0.15, 0.2) is 23.8 Å². The summed E-state index contributed by atoms with van der Waals surface area (Å²) in [6, 6.07) is 0. The summed E-state index contributed by atoms with van der Waals surface area (Å²) >= 11 is 0. The van der Waals surface area contributed by atoms with Crippen LogP contribution >= 0.6 is 0 Å². The van der Waals surface area contributed by atoms with Gasteiger partial charge in [-0.1, -0.05) is 31.4 Å². The molecule has 4 aliphatic carbocycles. The standard InChI is InChI=1S/C18H24O2/c1-18-8-7-13(19)10-12(18)5-6-15-14-4-2-3-11(14)9-16(20)17(15)18/h7-8,10-11,14-17,20H,2-6,9H2,1H3. The van der Waals surface area contributed by atoms with Gasteiger partial charge in [-0.05, 0) is 55.6 Å². The fourth-order valence-corrected chi connectivity index (χ4v) is 5.89. The molecule has 108 valence electrons. The zero-order chi connectivity index (χ0) is 13.9. The van der Waals surface area contributed by atoms with Crippen LogP contribution in [0.1, 0.15) is 45.4 Å². The van der Waals surface area contributed by atoms with Gasteiger partial charge in [-0.2, -0.15) is 0 Å². The van der Waals surface area contributed by atoms with Gasteiger partial charge in [-0.15, -0.1) is 0 Å². The Kier molecular flexibility index (Phi) is 2.76. The third-order valence-corrected chi connectivity index (χ3v) is 6.73. The van der Waals surface area contributed by atoms with E-state index in [1.54, 1.807) is 6.08 Å². The zero-order valence-electron chi connectivity index (χ0n) is 12.2. The highest BCUT2D eigenvalue weighted by atomic mass is 16.3. The van der Waals surface area contributed by atoms with Crippen molar-refractivity contribution in [2.75, 3.05) is 0 Å². The average Bonchev–Trinajstić information content (AvgIpc) is 2.87. The minimum atomic E-state index is -0.189. The van der Waals surface area contributed by atoms with Crippen LogP contribution in [-0.2, 0) is 4.79 Å². The Hall–Kier alpha value is -0.890. The van der Waals surface area contributed by atoms with E-state index < -0.39 is 0 Å². The van der Waals surface area contributed by atoms with Gasteiger partial charge in [-0.25, -0.2) is 0 Å². The van der Waals surface area contributed by atoms with E-state index >= 15 is 0 Å². The Morgan fingerprint density at radius 3 is 2.95 bits per heavy atom. The van der Waals surface area contributed by atoms with E-state index in [1.165, 1.54) is 31.3 Å². The maximum atomic E-state index is 11.7. The molecule has 3 saturated carbocycles. The number of ketones is 1. The minimum absolute atomic E-state index is 0.0796. The number of fused-ring (bicyclic) bond motifs is 5. The first-order chi connectivity index (χ1) is 9.59. The molecule has 3 fully saturated rings. The smallest absolute Gasteiger partial charge is 0.178 e. The van der Waals surface area contributed by atoms with E-state index in [9.17, 15) is 9.90 Å². The molecule has 2 heteroatoms. The first kappa shape index (κ1) is 12.8. The van der Waals surface area contributed by atoms with Crippen molar-refractivity contribution in [3.8, 4) is 0 Å². The minimum Gasteiger partial charge on any atom is -0.393 e. The van der Waals surface area contributed by atoms with Crippen LogP contribution in [-0.4, -0.2) is 17.0 Å². The van der Waals surface area contributed by atoms with Crippen molar-refractivity contribution in [1.29, 1.82) is 0 Å². The lowest BCUT2D eigenvalue weighted by Gasteiger charge is -2.55. The number of carbonyl (C=O) groups is 1. The maximum Gasteiger partial charge on any atom is 0.178 e. The predicted molar refractivity (Wildman–Crippen MR) is 78.0 cm³/mol. The highest BCUT2D eigenvalue weighted by molar-refractivity contribution is 6.01. The molecule has 0 heterocycles. The van der Waals surface area contributed by atoms with Crippen LogP contribution in [0.25, 0.3) is 0 Å². The average molecular weight is 272 g/mol. The molecule has 0 aromatic rings. The van der Waals surface area contributed by atoms with Crippen LogP contribution < -0.4 is 0 Å². The normalized spacial score (nSPS) is 50.2. The first-order valence-corrected chi connectivity index (χ1v) is 8.22. The monoisotopic (exact) mass is 272 g/mol. The largest absolute Gasteiger partial charge is 0.393 e. The molecule has 0 spiro atoms. The molecule has 2 nitrogen and oxygen atoms in total. The van der Waals surface area contributed by atoms with Crippen molar-refractivity contribution in [2.24, 2.45) is 29.1 Å². The summed E-state index contributed by atoms with van der Waals surface area (Å²) in [5, 5.41) is 10.8. The summed E-state index contributed by atoms with van der Waals surface area (Å²) in [7, 11) is 0. The van der Waals surface area contributed by atoms with Crippen molar-refractivity contribution in [3.05, 3.63) is 23.8 Å². The van der Waals surface area contributed by atoms with E-state index in [1.807, 2.05) is 6.08 Å². The van der Waals surface area contributed by atoms with Gasteiger partial charge in [0.2, 0.25) is 0 Å². The summed E-state index contributed by atoms with van der Waals surface area (Å²) in [6.07, 6.45) is 12.7. The number of hydrogen-bond acceptors (Lipinski definition) is 2. The number of allylic oxidation sites excluding steroid dienone is 4. The molecule has 6 unspecified atom stereocenters. The third-order valence-electron chi connectivity index (χ3n) is 6.73. The topological polar surface area (TPSA) is 37.3 Å². The molecule has 0 amide bonds.